The van der Waals surface area contributed by atoms with Crippen LogP contribution >= 0.6 is 15.9 Å². The number of carbonyl (C=O) groups excluding carboxylic acids is 2. The number of rotatable bonds is 6. The molecule has 5 nitrogen and oxygen atoms in total. The predicted octanol–water partition coefficient (Wildman–Crippen LogP) is 2.72. The summed E-state index contributed by atoms with van der Waals surface area (Å²) in [6.07, 6.45) is 0.170. The van der Waals surface area contributed by atoms with E-state index in [1.54, 1.807) is 25.1 Å². The quantitative estimate of drug-likeness (QED) is 0.609. The Balaban J connectivity index is 2.50. The van der Waals surface area contributed by atoms with Crippen LogP contribution in [0.2, 0.25) is 0 Å². The average molecular weight is 354 g/mol. The Labute approximate surface area is 133 Å². The Morgan fingerprint density at radius 3 is 2.57 bits per heavy atom. The molecule has 0 unspecified atom stereocenters. The van der Waals surface area contributed by atoms with Crippen molar-refractivity contribution in [3.8, 4) is 0 Å². The van der Waals surface area contributed by atoms with Crippen molar-refractivity contribution in [2.45, 2.75) is 27.2 Å². The van der Waals surface area contributed by atoms with Gasteiger partial charge in [-0.1, -0.05) is 26.0 Å². The van der Waals surface area contributed by atoms with E-state index in [1.165, 1.54) is 0 Å². The van der Waals surface area contributed by atoms with Crippen molar-refractivity contribution in [2.75, 3.05) is 6.54 Å². The van der Waals surface area contributed by atoms with Crippen LogP contribution in [0, 0.1) is 5.92 Å². The molecule has 0 bridgehead atoms. The summed E-state index contributed by atoms with van der Waals surface area (Å²) in [5.41, 5.74) is 3.50. The minimum absolute atomic E-state index is 0.0971. The van der Waals surface area contributed by atoms with E-state index in [9.17, 15) is 9.59 Å². The highest BCUT2D eigenvalue weighted by Gasteiger charge is 2.09. The molecule has 0 aromatic heterocycles. The van der Waals surface area contributed by atoms with Gasteiger partial charge in [-0.25, -0.2) is 5.43 Å². The van der Waals surface area contributed by atoms with Crippen molar-refractivity contribution >= 4 is 33.5 Å². The maximum atomic E-state index is 11.9. The molecule has 0 aliphatic rings. The highest BCUT2D eigenvalue weighted by Crippen LogP contribution is 2.15. The van der Waals surface area contributed by atoms with E-state index in [0.717, 1.165) is 0 Å². The number of hydrazone groups is 1. The maximum Gasteiger partial charge on any atom is 0.272 e. The fraction of sp³-hybridized carbons (Fsp3) is 0.400. The molecule has 1 aromatic rings. The van der Waals surface area contributed by atoms with Crippen molar-refractivity contribution in [2.24, 2.45) is 11.0 Å². The number of halogens is 1. The summed E-state index contributed by atoms with van der Waals surface area (Å²) in [4.78, 5) is 23.5. The molecule has 114 valence electrons. The third-order valence-corrected chi connectivity index (χ3v) is 3.28. The van der Waals surface area contributed by atoms with E-state index in [4.69, 9.17) is 0 Å². The van der Waals surface area contributed by atoms with Gasteiger partial charge in [-0.3, -0.25) is 9.59 Å². The summed E-state index contributed by atoms with van der Waals surface area (Å²) in [7, 11) is 0. The van der Waals surface area contributed by atoms with Crippen molar-refractivity contribution in [3.05, 3.63) is 34.3 Å². The molecule has 0 saturated carbocycles. The molecule has 1 rings (SSSR count). The van der Waals surface area contributed by atoms with Gasteiger partial charge in [-0.05, 0) is 40.9 Å². The Kier molecular flexibility index (Phi) is 7.08. The van der Waals surface area contributed by atoms with Gasteiger partial charge in [0.15, 0.2) is 0 Å². The lowest BCUT2D eigenvalue weighted by Crippen LogP contribution is -2.29. The van der Waals surface area contributed by atoms with Gasteiger partial charge in [-0.2, -0.15) is 5.10 Å². The molecule has 0 aliphatic carbocycles. The third-order valence-electron chi connectivity index (χ3n) is 2.59. The molecule has 2 N–H and O–H groups in total. The van der Waals surface area contributed by atoms with Crippen molar-refractivity contribution in [3.63, 3.8) is 0 Å². The van der Waals surface area contributed by atoms with E-state index in [2.05, 4.69) is 31.8 Å². The minimum Gasteiger partial charge on any atom is -0.356 e. The zero-order valence-electron chi connectivity index (χ0n) is 12.4. The average Bonchev–Trinajstić information content (AvgIpc) is 2.43. The third kappa shape index (κ3) is 6.53. The van der Waals surface area contributed by atoms with Crippen molar-refractivity contribution < 1.29 is 9.59 Å². The van der Waals surface area contributed by atoms with Crippen molar-refractivity contribution in [1.82, 2.24) is 10.7 Å². The fourth-order valence-corrected chi connectivity index (χ4v) is 1.97. The molecule has 0 heterocycles. The molecule has 0 radical (unpaired) electrons. The van der Waals surface area contributed by atoms with Gasteiger partial charge in [0.1, 0.15) is 0 Å². The zero-order valence-corrected chi connectivity index (χ0v) is 14.0. The highest BCUT2D eigenvalue weighted by molar-refractivity contribution is 9.10. The van der Waals surface area contributed by atoms with E-state index in [1.807, 2.05) is 19.9 Å². The van der Waals surface area contributed by atoms with Crippen molar-refractivity contribution in [1.29, 1.82) is 0 Å². The van der Waals surface area contributed by atoms with Gasteiger partial charge in [0, 0.05) is 16.7 Å². The van der Waals surface area contributed by atoms with Crippen LogP contribution in [0.5, 0.6) is 0 Å². The van der Waals surface area contributed by atoms with Gasteiger partial charge < -0.3 is 5.32 Å². The van der Waals surface area contributed by atoms with Gasteiger partial charge in [0.25, 0.3) is 5.91 Å². The molecular weight excluding hydrogens is 334 g/mol. The largest absolute Gasteiger partial charge is 0.356 e. The lowest BCUT2D eigenvalue weighted by molar-refractivity contribution is -0.120. The van der Waals surface area contributed by atoms with E-state index < -0.39 is 0 Å². The smallest absolute Gasteiger partial charge is 0.272 e. The number of amides is 2. The lowest BCUT2D eigenvalue weighted by Gasteiger charge is -2.07. The van der Waals surface area contributed by atoms with Crippen LogP contribution < -0.4 is 10.7 Å². The molecule has 6 heteroatoms. The Morgan fingerprint density at radius 2 is 1.95 bits per heavy atom. The Hall–Kier alpha value is -1.69. The van der Waals surface area contributed by atoms with Crippen LogP contribution in [0.25, 0.3) is 0 Å². The van der Waals surface area contributed by atoms with Crippen LogP contribution in [0.1, 0.15) is 37.6 Å². The van der Waals surface area contributed by atoms with Gasteiger partial charge in [-0.15, -0.1) is 0 Å². The first-order valence-electron chi connectivity index (χ1n) is 6.75. The van der Waals surface area contributed by atoms with Crippen LogP contribution in [-0.2, 0) is 4.79 Å². The normalized spacial score (nSPS) is 11.4. The maximum absolute atomic E-state index is 11.9. The summed E-state index contributed by atoms with van der Waals surface area (Å²) in [5, 5.41) is 6.75. The first-order valence-corrected chi connectivity index (χ1v) is 7.54. The molecule has 0 spiro atoms. The van der Waals surface area contributed by atoms with E-state index in [-0.39, 0.29) is 18.2 Å². The second kappa shape index (κ2) is 8.56. The summed E-state index contributed by atoms with van der Waals surface area (Å²) in [6.45, 7) is 6.39. The lowest BCUT2D eigenvalue weighted by atomic mass is 10.2. The van der Waals surface area contributed by atoms with Crippen LogP contribution in [0.3, 0.4) is 0 Å². The second-order valence-electron chi connectivity index (χ2n) is 5.14. The fourth-order valence-electron chi connectivity index (χ4n) is 1.50. The molecule has 0 aliphatic heterocycles. The van der Waals surface area contributed by atoms with Crippen LogP contribution in [0.4, 0.5) is 0 Å². The number of nitrogens with zero attached hydrogens (tertiary/aromatic N) is 1. The molecule has 1 aromatic carbocycles. The number of nitrogens with one attached hydrogen (secondary N) is 2. The molecule has 21 heavy (non-hydrogen) atoms. The molecular formula is C15H20BrN3O2. The van der Waals surface area contributed by atoms with E-state index >= 15 is 0 Å². The zero-order chi connectivity index (χ0) is 15.8. The molecule has 0 saturated heterocycles. The summed E-state index contributed by atoms with van der Waals surface area (Å²) in [6, 6.07) is 7.08. The Morgan fingerprint density at radius 1 is 1.29 bits per heavy atom. The summed E-state index contributed by atoms with van der Waals surface area (Å²) >= 11 is 3.30. The molecule has 0 atom stereocenters. The van der Waals surface area contributed by atoms with Gasteiger partial charge in [0.05, 0.1) is 12.0 Å². The predicted molar refractivity (Wildman–Crippen MR) is 87.2 cm³/mol. The van der Waals surface area contributed by atoms with E-state index in [0.29, 0.717) is 28.2 Å². The summed E-state index contributed by atoms with van der Waals surface area (Å²) in [5.74, 6) is -0.00849. The van der Waals surface area contributed by atoms with Crippen LogP contribution in [0.15, 0.2) is 33.8 Å². The Bertz CT molecular complexity index is 541. The summed E-state index contributed by atoms with van der Waals surface area (Å²) < 4.78 is 0.699. The number of hydrogen-bond donors (Lipinski definition) is 2. The molecule has 0 fully saturated rings. The number of benzene rings is 1. The second-order valence-corrected chi connectivity index (χ2v) is 6.00. The van der Waals surface area contributed by atoms with Gasteiger partial charge >= 0.3 is 0 Å². The first kappa shape index (κ1) is 17.4. The topological polar surface area (TPSA) is 70.6 Å². The monoisotopic (exact) mass is 353 g/mol. The number of hydrogen-bond acceptors (Lipinski definition) is 3. The van der Waals surface area contributed by atoms with Crippen LogP contribution in [-0.4, -0.2) is 24.1 Å². The highest BCUT2D eigenvalue weighted by atomic mass is 79.9. The number of carbonyl (C=O) groups is 2. The minimum atomic E-state index is -0.315. The molecule has 2 amide bonds. The SMILES string of the molecule is C/C(CC(=O)NCC(C)C)=N\NC(=O)c1ccccc1Br. The first-order chi connectivity index (χ1) is 9.90. The van der Waals surface area contributed by atoms with Gasteiger partial charge in [0.2, 0.25) is 5.91 Å². The standard InChI is InChI=1S/C15H20BrN3O2/c1-10(2)9-17-14(20)8-11(3)18-19-15(21)12-6-4-5-7-13(12)16/h4-7,10H,8-9H2,1-3H3,(H,17,20)(H,19,21)/b18-11+.